The Morgan fingerprint density at radius 2 is 2.29 bits per heavy atom. The molecule has 0 heterocycles. The van der Waals surface area contributed by atoms with Gasteiger partial charge in [-0.05, 0) is 0 Å². The molecular formula is C3H5Cl2OSi. The van der Waals surface area contributed by atoms with E-state index >= 15 is 0 Å². The van der Waals surface area contributed by atoms with Crippen LogP contribution in [-0.4, -0.2) is 14.3 Å². The van der Waals surface area contributed by atoms with Crippen LogP contribution in [0.3, 0.4) is 0 Å². The molecule has 0 amide bonds. The number of rotatable bonds is 3. The van der Waals surface area contributed by atoms with Crippen LogP contribution in [0.2, 0.25) is 0 Å². The van der Waals surface area contributed by atoms with Gasteiger partial charge in [0, 0.05) is 0 Å². The fourth-order valence-corrected chi connectivity index (χ4v) is 0.744. The van der Waals surface area contributed by atoms with E-state index in [4.69, 9.17) is 26.6 Å². The zero-order valence-electron chi connectivity index (χ0n) is 3.66. The highest BCUT2D eigenvalue weighted by Crippen LogP contribution is 1.95. The number of hydrogen-bond acceptors (Lipinski definition) is 1. The smallest absolute Gasteiger partial charge is 0.387 e. The van der Waals surface area contributed by atoms with E-state index in [1.807, 2.05) is 0 Å². The molecule has 0 atom stereocenters. The summed E-state index contributed by atoms with van der Waals surface area (Å²) in [4.78, 5) is 0. The highest BCUT2D eigenvalue weighted by atomic mass is 35.7. The van der Waals surface area contributed by atoms with E-state index in [9.17, 15) is 0 Å². The molecule has 0 bridgehead atoms. The van der Waals surface area contributed by atoms with Crippen LogP contribution in [0.5, 0.6) is 0 Å². The molecule has 7 heavy (non-hydrogen) atoms. The fraction of sp³-hybridized carbons (Fsp3) is 0.333. The molecule has 0 aromatic carbocycles. The summed E-state index contributed by atoms with van der Waals surface area (Å²) in [5.41, 5.74) is 0. The van der Waals surface area contributed by atoms with Crippen molar-refractivity contribution in [2.75, 3.05) is 6.61 Å². The minimum Gasteiger partial charge on any atom is -0.387 e. The molecule has 0 rings (SSSR count). The summed E-state index contributed by atoms with van der Waals surface area (Å²) in [7, 11) is -1.52. The van der Waals surface area contributed by atoms with Crippen LogP contribution in [0.15, 0.2) is 12.7 Å². The van der Waals surface area contributed by atoms with Crippen molar-refractivity contribution >= 4 is 29.8 Å². The summed E-state index contributed by atoms with van der Waals surface area (Å²) in [5, 5.41) is 0. The lowest BCUT2D eigenvalue weighted by Gasteiger charge is -1.92. The van der Waals surface area contributed by atoms with Gasteiger partial charge in [-0.1, -0.05) is 6.08 Å². The fourth-order valence-electron chi connectivity index (χ4n) is 0.122. The SMILES string of the molecule is C=CCO[Si](Cl)Cl. The molecule has 0 aliphatic rings. The molecule has 1 nitrogen and oxygen atoms in total. The molecule has 41 valence electrons. The van der Waals surface area contributed by atoms with Crippen molar-refractivity contribution in [3.8, 4) is 0 Å². The van der Waals surface area contributed by atoms with Crippen molar-refractivity contribution in [3.63, 3.8) is 0 Å². The van der Waals surface area contributed by atoms with Gasteiger partial charge in [0.1, 0.15) is 0 Å². The quantitative estimate of drug-likeness (QED) is 0.343. The lowest BCUT2D eigenvalue weighted by atomic mass is 10.7. The molecule has 0 saturated carbocycles. The first-order valence-electron chi connectivity index (χ1n) is 1.69. The van der Waals surface area contributed by atoms with Crippen molar-refractivity contribution in [2.45, 2.75) is 0 Å². The van der Waals surface area contributed by atoms with E-state index < -0.39 is 7.66 Å². The molecule has 0 spiro atoms. The summed E-state index contributed by atoms with van der Waals surface area (Å²) < 4.78 is 4.71. The zero-order chi connectivity index (χ0) is 5.70. The molecular weight excluding hydrogens is 151 g/mol. The molecule has 0 saturated heterocycles. The van der Waals surface area contributed by atoms with Crippen LogP contribution in [0, 0.1) is 0 Å². The summed E-state index contributed by atoms with van der Waals surface area (Å²) in [6.07, 6.45) is 1.61. The molecule has 0 aromatic rings. The van der Waals surface area contributed by atoms with Gasteiger partial charge in [-0.3, -0.25) is 0 Å². The van der Waals surface area contributed by atoms with Gasteiger partial charge in [-0.15, -0.1) is 28.7 Å². The van der Waals surface area contributed by atoms with Gasteiger partial charge in [-0.2, -0.15) is 0 Å². The highest BCUT2D eigenvalue weighted by molar-refractivity contribution is 7.30. The Bertz CT molecular complexity index is 56.9. The third-order valence-corrected chi connectivity index (χ3v) is 1.35. The van der Waals surface area contributed by atoms with Crippen molar-refractivity contribution in [1.29, 1.82) is 0 Å². The third kappa shape index (κ3) is 6.50. The second kappa shape index (κ2) is 4.65. The Hall–Kier alpha value is 0.497. The maximum atomic E-state index is 5.25. The van der Waals surface area contributed by atoms with Crippen LogP contribution < -0.4 is 0 Å². The standard InChI is InChI=1S/C3H5Cl2OSi/c1-2-3-6-7(4)5/h2H,1,3H2. The molecule has 0 aromatic heterocycles. The minimum atomic E-state index is -1.52. The maximum Gasteiger partial charge on any atom is 0.438 e. The van der Waals surface area contributed by atoms with Gasteiger partial charge < -0.3 is 4.43 Å². The van der Waals surface area contributed by atoms with Gasteiger partial charge in [0.05, 0.1) is 6.61 Å². The average Bonchev–Trinajstić information content (AvgIpc) is 1.61. The van der Waals surface area contributed by atoms with Gasteiger partial charge in [-0.25, -0.2) is 0 Å². The van der Waals surface area contributed by atoms with Gasteiger partial charge in [0.25, 0.3) is 0 Å². The third-order valence-electron chi connectivity index (χ3n) is 0.310. The predicted octanol–water partition coefficient (Wildman–Crippen LogP) is 1.65. The van der Waals surface area contributed by atoms with E-state index in [2.05, 4.69) is 6.58 Å². The monoisotopic (exact) mass is 155 g/mol. The van der Waals surface area contributed by atoms with Gasteiger partial charge in [0.15, 0.2) is 0 Å². The molecule has 0 aliphatic heterocycles. The van der Waals surface area contributed by atoms with Crippen molar-refractivity contribution < 1.29 is 4.43 Å². The van der Waals surface area contributed by atoms with E-state index in [1.165, 1.54) is 0 Å². The Labute approximate surface area is 54.0 Å². The van der Waals surface area contributed by atoms with E-state index in [1.54, 1.807) is 6.08 Å². The van der Waals surface area contributed by atoms with E-state index in [-0.39, 0.29) is 0 Å². The van der Waals surface area contributed by atoms with Gasteiger partial charge in [0.2, 0.25) is 0 Å². The lowest BCUT2D eigenvalue weighted by molar-refractivity contribution is 0.391. The lowest BCUT2D eigenvalue weighted by Crippen LogP contribution is -2.00. The van der Waals surface area contributed by atoms with Gasteiger partial charge >= 0.3 is 7.66 Å². The summed E-state index contributed by atoms with van der Waals surface area (Å²) >= 11 is 10.5. The molecule has 0 N–H and O–H groups in total. The molecule has 4 heteroatoms. The largest absolute Gasteiger partial charge is 0.438 e. The average molecular weight is 156 g/mol. The van der Waals surface area contributed by atoms with Crippen molar-refractivity contribution in [1.82, 2.24) is 0 Å². The summed E-state index contributed by atoms with van der Waals surface area (Å²) in [6.45, 7) is 3.85. The second-order valence-corrected chi connectivity index (χ2v) is 4.21. The van der Waals surface area contributed by atoms with Crippen LogP contribution >= 0.6 is 22.2 Å². The minimum absolute atomic E-state index is 0.446. The zero-order valence-corrected chi connectivity index (χ0v) is 6.17. The van der Waals surface area contributed by atoms with Crippen LogP contribution in [0.1, 0.15) is 0 Å². The van der Waals surface area contributed by atoms with Crippen LogP contribution in [0.4, 0.5) is 0 Å². The first kappa shape index (κ1) is 7.50. The second-order valence-electron chi connectivity index (χ2n) is 0.825. The Balaban J connectivity index is 2.81. The summed E-state index contributed by atoms with van der Waals surface area (Å²) in [5.74, 6) is 0. The predicted molar refractivity (Wildman–Crippen MR) is 33.6 cm³/mol. The topological polar surface area (TPSA) is 9.23 Å². The highest BCUT2D eigenvalue weighted by Gasteiger charge is 1.99. The van der Waals surface area contributed by atoms with Crippen molar-refractivity contribution in [2.24, 2.45) is 0 Å². The Morgan fingerprint density at radius 3 is 2.43 bits per heavy atom. The molecule has 0 fully saturated rings. The van der Waals surface area contributed by atoms with Crippen LogP contribution in [0.25, 0.3) is 0 Å². The Morgan fingerprint density at radius 1 is 1.71 bits per heavy atom. The molecule has 0 unspecified atom stereocenters. The maximum absolute atomic E-state index is 5.25. The van der Waals surface area contributed by atoms with Crippen molar-refractivity contribution in [3.05, 3.63) is 12.7 Å². The number of hydrogen-bond donors (Lipinski definition) is 0. The molecule has 0 aliphatic carbocycles. The Kier molecular flexibility index (Phi) is 4.98. The normalized spacial score (nSPS) is 9.57. The van der Waals surface area contributed by atoms with E-state index in [0.29, 0.717) is 6.61 Å². The first-order valence-corrected chi connectivity index (χ1v) is 5.12. The summed E-state index contributed by atoms with van der Waals surface area (Å²) in [6, 6.07) is 0. The number of halogens is 2. The first-order chi connectivity index (χ1) is 3.27. The van der Waals surface area contributed by atoms with E-state index in [0.717, 1.165) is 0 Å². The molecule has 1 radical (unpaired) electrons. The van der Waals surface area contributed by atoms with Crippen LogP contribution in [-0.2, 0) is 4.43 Å².